The van der Waals surface area contributed by atoms with Crippen LogP contribution in [0.15, 0.2) is 32.6 Å². The Hall–Kier alpha value is -1.38. The molecule has 2 aromatic rings. The summed E-state index contributed by atoms with van der Waals surface area (Å²) in [7, 11) is 1.60. The minimum absolute atomic E-state index is 0.0194. The van der Waals surface area contributed by atoms with Crippen LogP contribution in [0.5, 0.6) is 0 Å². The molecule has 1 saturated heterocycles. The standard InChI is InChI=1S/C17H20BrN3O3S/c1-24-9-8-21-16(23)12-10-11(18)5-6-13(12)20-17(21)25-14-4-2-3-7-19-15(14)22/h5-6,10,14H,2-4,7-9H2,1H3,(H,19,22)/t14-/m1/s1. The number of halogens is 1. The first-order valence-electron chi connectivity index (χ1n) is 8.23. The van der Waals surface area contributed by atoms with Crippen LogP contribution >= 0.6 is 27.7 Å². The number of carbonyl (C=O) groups excluding carboxylic acids is 1. The van der Waals surface area contributed by atoms with Gasteiger partial charge in [-0.2, -0.15) is 0 Å². The highest BCUT2D eigenvalue weighted by Crippen LogP contribution is 2.28. The van der Waals surface area contributed by atoms with E-state index in [4.69, 9.17) is 4.74 Å². The van der Waals surface area contributed by atoms with Gasteiger partial charge < -0.3 is 10.1 Å². The van der Waals surface area contributed by atoms with Gasteiger partial charge in [-0.1, -0.05) is 34.1 Å². The van der Waals surface area contributed by atoms with E-state index in [2.05, 4.69) is 26.2 Å². The Labute approximate surface area is 158 Å². The Bertz CT molecular complexity index is 840. The quantitative estimate of drug-likeness (QED) is 0.745. The van der Waals surface area contributed by atoms with Crippen molar-refractivity contribution in [2.24, 2.45) is 0 Å². The monoisotopic (exact) mass is 425 g/mol. The highest BCUT2D eigenvalue weighted by atomic mass is 79.9. The zero-order valence-electron chi connectivity index (χ0n) is 14.0. The maximum atomic E-state index is 12.9. The number of thioether (sulfide) groups is 1. The van der Waals surface area contributed by atoms with Crippen LogP contribution in [-0.4, -0.2) is 41.0 Å². The Balaban J connectivity index is 2.03. The maximum absolute atomic E-state index is 12.9. The average Bonchev–Trinajstić information content (AvgIpc) is 2.80. The summed E-state index contributed by atoms with van der Waals surface area (Å²) in [5, 5.41) is 3.83. The van der Waals surface area contributed by atoms with Crippen molar-refractivity contribution in [3.8, 4) is 0 Å². The summed E-state index contributed by atoms with van der Waals surface area (Å²) in [6.07, 6.45) is 2.76. The van der Waals surface area contributed by atoms with Crippen LogP contribution < -0.4 is 10.9 Å². The highest BCUT2D eigenvalue weighted by molar-refractivity contribution is 9.10. The van der Waals surface area contributed by atoms with Crippen LogP contribution in [0.2, 0.25) is 0 Å². The molecular formula is C17H20BrN3O3S. The van der Waals surface area contributed by atoms with Crippen molar-refractivity contribution in [1.29, 1.82) is 0 Å². The molecule has 25 heavy (non-hydrogen) atoms. The fourth-order valence-electron chi connectivity index (χ4n) is 2.79. The number of methoxy groups -OCH3 is 1. The van der Waals surface area contributed by atoms with Gasteiger partial charge in [-0.15, -0.1) is 0 Å². The first-order chi connectivity index (χ1) is 12.1. The van der Waals surface area contributed by atoms with Gasteiger partial charge in [0.1, 0.15) is 0 Å². The third-order valence-electron chi connectivity index (χ3n) is 4.13. The largest absolute Gasteiger partial charge is 0.383 e. The van der Waals surface area contributed by atoms with Gasteiger partial charge in [0.2, 0.25) is 5.91 Å². The zero-order valence-corrected chi connectivity index (χ0v) is 16.4. The molecule has 0 spiro atoms. The molecule has 1 aliphatic rings. The number of ether oxygens (including phenoxy) is 1. The summed E-state index contributed by atoms with van der Waals surface area (Å²) >= 11 is 4.77. The van der Waals surface area contributed by atoms with E-state index in [1.165, 1.54) is 11.8 Å². The molecule has 134 valence electrons. The molecule has 1 fully saturated rings. The van der Waals surface area contributed by atoms with Crippen molar-refractivity contribution in [2.75, 3.05) is 20.3 Å². The lowest BCUT2D eigenvalue weighted by atomic mass is 10.2. The van der Waals surface area contributed by atoms with Crippen molar-refractivity contribution >= 4 is 44.5 Å². The number of amides is 1. The average molecular weight is 426 g/mol. The molecule has 1 amide bonds. The van der Waals surface area contributed by atoms with E-state index in [1.54, 1.807) is 17.7 Å². The Morgan fingerprint density at radius 1 is 1.40 bits per heavy atom. The predicted octanol–water partition coefficient (Wildman–Crippen LogP) is 2.57. The smallest absolute Gasteiger partial charge is 0.262 e. The molecule has 0 aliphatic carbocycles. The van der Waals surface area contributed by atoms with Crippen molar-refractivity contribution in [1.82, 2.24) is 14.9 Å². The van der Waals surface area contributed by atoms with Gasteiger partial charge in [0.25, 0.3) is 5.56 Å². The number of nitrogens with one attached hydrogen (secondary N) is 1. The molecule has 1 aromatic heterocycles. The molecule has 1 N–H and O–H groups in total. The Morgan fingerprint density at radius 2 is 2.24 bits per heavy atom. The van der Waals surface area contributed by atoms with Gasteiger partial charge >= 0.3 is 0 Å². The fraction of sp³-hybridized carbons (Fsp3) is 0.471. The molecule has 0 saturated carbocycles. The Morgan fingerprint density at radius 3 is 3.04 bits per heavy atom. The molecule has 0 bridgehead atoms. The third kappa shape index (κ3) is 4.24. The number of nitrogens with zero attached hydrogens (tertiary/aromatic N) is 2. The maximum Gasteiger partial charge on any atom is 0.262 e. The van der Waals surface area contributed by atoms with Gasteiger partial charge in [-0.25, -0.2) is 4.98 Å². The molecule has 1 aliphatic heterocycles. The fourth-order valence-corrected chi connectivity index (χ4v) is 4.34. The molecular weight excluding hydrogens is 406 g/mol. The third-order valence-corrected chi connectivity index (χ3v) is 5.88. The van der Waals surface area contributed by atoms with Crippen LogP contribution in [0.4, 0.5) is 0 Å². The number of hydrogen-bond acceptors (Lipinski definition) is 5. The molecule has 0 unspecified atom stereocenters. The zero-order chi connectivity index (χ0) is 17.8. The lowest BCUT2D eigenvalue weighted by molar-refractivity contribution is -0.120. The molecule has 2 heterocycles. The van der Waals surface area contributed by atoms with Crippen LogP contribution in [-0.2, 0) is 16.1 Å². The predicted molar refractivity (Wildman–Crippen MR) is 102 cm³/mol. The summed E-state index contributed by atoms with van der Waals surface area (Å²) in [5.41, 5.74) is 0.526. The normalized spacial score (nSPS) is 18.2. The molecule has 3 rings (SSSR count). The Kier molecular flexibility index (Phi) is 6.14. The van der Waals surface area contributed by atoms with Crippen LogP contribution in [0.25, 0.3) is 10.9 Å². The summed E-state index contributed by atoms with van der Waals surface area (Å²) in [6, 6.07) is 5.46. The number of rotatable bonds is 5. The van der Waals surface area contributed by atoms with Gasteiger partial charge in [0.15, 0.2) is 5.16 Å². The lowest BCUT2D eigenvalue weighted by Crippen LogP contribution is -2.32. The number of aromatic nitrogens is 2. The second-order valence-corrected chi connectivity index (χ2v) is 7.98. The summed E-state index contributed by atoms with van der Waals surface area (Å²) in [6.45, 7) is 1.53. The van der Waals surface area contributed by atoms with Gasteiger partial charge in [-0.3, -0.25) is 14.2 Å². The minimum Gasteiger partial charge on any atom is -0.383 e. The second-order valence-electron chi connectivity index (χ2n) is 5.90. The van der Waals surface area contributed by atoms with Crippen LogP contribution in [0.3, 0.4) is 0 Å². The van der Waals surface area contributed by atoms with E-state index >= 15 is 0 Å². The lowest BCUT2D eigenvalue weighted by Gasteiger charge is -2.17. The van der Waals surface area contributed by atoms with Crippen LogP contribution in [0, 0.1) is 0 Å². The second kappa shape index (κ2) is 8.33. The van der Waals surface area contributed by atoms with E-state index in [1.807, 2.05) is 12.1 Å². The van der Waals surface area contributed by atoms with E-state index in [0.29, 0.717) is 35.8 Å². The van der Waals surface area contributed by atoms with Crippen molar-refractivity contribution in [2.45, 2.75) is 36.2 Å². The SMILES string of the molecule is COCCn1c(S[C@@H]2CCCCNC2=O)nc2ccc(Br)cc2c1=O. The van der Waals surface area contributed by atoms with E-state index < -0.39 is 0 Å². The van der Waals surface area contributed by atoms with E-state index in [-0.39, 0.29) is 16.7 Å². The number of benzene rings is 1. The van der Waals surface area contributed by atoms with Crippen molar-refractivity contribution < 1.29 is 9.53 Å². The van der Waals surface area contributed by atoms with Gasteiger partial charge in [-0.05, 0) is 31.0 Å². The first kappa shape index (κ1) is 18.4. The molecule has 1 atom stereocenters. The first-order valence-corrected chi connectivity index (χ1v) is 9.91. The topological polar surface area (TPSA) is 73.2 Å². The molecule has 0 radical (unpaired) electrons. The molecule has 1 aromatic carbocycles. The van der Waals surface area contributed by atoms with E-state index in [0.717, 1.165) is 23.7 Å². The van der Waals surface area contributed by atoms with Gasteiger partial charge in [0.05, 0.1) is 29.3 Å². The summed E-state index contributed by atoms with van der Waals surface area (Å²) in [4.78, 5) is 29.8. The van der Waals surface area contributed by atoms with E-state index in [9.17, 15) is 9.59 Å². The number of fused-ring (bicyclic) bond motifs is 1. The van der Waals surface area contributed by atoms with Crippen LogP contribution in [0.1, 0.15) is 19.3 Å². The summed E-state index contributed by atoms with van der Waals surface area (Å²) < 4.78 is 7.58. The number of hydrogen-bond donors (Lipinski definition) is 1. The summed E-state index contributed by atoms with van der Waals surface area (Å²) in [5.74, 6) is 0.0194. The van der Waals surface area contributed by atoms with Crippen molar-refractivity contribution in [3.05, 3.63) is 33.0 Å². The van der Waals surface area contributed by atoms with Gasteiger partial charge in [0, 0.05) is 18.1 Å². The van der Waals surface area contributed by atoms with Crippen molar-refractivity contribution in [3.63, 3.8) is 0 Å². The molecule has 6 nitrogen and oxygen atoms in total. The highest BCUT2D eigenvalue weighted by Gasteiger charge is 2.24. The number of carbonyl (C=O) groups is 1. The minimum atomic E-state index is -0.226. The molecule has 8 heteroatoms.